The van der Waals surface area contributed by atoms with E-state index in [1.54, 1.807) is 24.3 Å². The Labute approximate surface area is 291 Å². The summed E-state index contributed by atoms with van der Waals surface area (Å²) in [5.41, 5.74) is 3.96. The number of carboxylic acid groups (broad SMARTS) is 4. The zero-order chi connectivity index (χ0) is 36.9. The van der Waals surface area contributed by atoms with Gasteiger partial charge in [0.2, 0.25) is 0 Å². The van der Waals surface area contributed by atoms with Crippen LogP contribution in [0.15, 0.2) is 72.8 Å². The highest BCUT2D eigenvalue weighted by Crippen LogP contribution is 2.32. The van der Waals surface area contributed by atoms with E-state index in [2.05, 4.69) is 9.97 Å². The molecule has 2 aromatic heterocycles. The summed E-state index contributed by atoms with van der Waals surface area (Å²) in [6, 6.07) is 20.0. The van der Waals surface area contributed by atoms with Crippen LogP contribution in [0.3, 0.4) is 0 Å². The summed E-state index contributed by atoms with van der Waals surface area (Å²) in [7, 11) is 0. The smallest absolute Gasteiger partial charge is 0.323 e. The van der Waals surface area contributed by atoms with Gasteiger partial charge in [-0.25, -0.2) is 4.98 Å². The van der Waals surface area contributed by atoms with Gasteiger partial charge in [0.25, 0.3) is 0 Å². The molecule has 0 aliphatic carbocycles. The maximum atomic E-state index is 11.6. The number of pyridine rings is 2. The van der Waals surface area contributed by atoms with Crippen LogP contribution in [0.4, 0.5) is 11.4 Å². The Morgan fingerprint density at radius 2 is 1.10 bits per heavy atom. The number of ether oxygens (including phenoxy) is 2. The Hall–Kier alpha value is -6.77. The van der Waals surface area contributed by atoms with Gasteiger partial charge in [0.15, 0.2) is 0 Å². The maximum Gasteiger partial charge on any atom is 0.323 e. The topological polar surface area (TPSA) is 217 Å². The molecule has 2 aromatic carbocycles. The molecule has 4 N–H and O–H groups in total. The lowest BCUT2D eigenvalue weighted by Crippen LogP contribution is -2.35. The Morgan fingerprint density at radius 3 is 1.59 bits per heavy atom. The molecule has 0 radical (unpaired) electrons. The molecule has 2 heterocycles. The van der Waals surface area contributed by atoms with Crippen LogP contribution >= 0.6 is 0 Å². The number of aromatic nitrogens is 2. The molecule has 15 nitrogen and oxygen atoms in total. The number of rotatable bonds is 19. The van der Waals surface area contributed by atoms with Crippen LogP contribution in [0.1, 0.15) is 27.3 Å². The van der Waals surface area contributed by atoms with Gasteiger partial charge in [-0.3, -0.25) is 29.0 Å². The summed E-state index contributed by atoms with van der Waals surface area (Å²) >= 11 is 0. The average Bonchev–Trinajstić information content (AvgIpc) is 3.08. The van der Waals surface area contributed by atoms with E-state index in [9.17, 15) is 44.4 Å². The van der Waals surface area contributed by atoms with Crippen LogP contribution in [0.2, 0.25) is 0 Å². The van der Waals surface area contributed by atoms with E-state index in [1.165, 1.54) is 24.3 Å². The highest BCUT2D eigenvalue weighted by atomic mass is 16.5. The second kappa shape index (κ2) is 17.6. The number of aliphatic carboxylic acids is 4. The van der Waals surface area contributed by atoms with Crippen molar-refractivity contribution in [1.29, 1.82) is 0 Å². The monoisotopic (exact) mass is 698 g/mol. The van der Waals surface area contributed by atoms with Crippen LogP contribution in [0.25, 0.3) is 23.5 Å². The van der Waals surface area contributed by atoms with Crippen molar-refractivity contribution in [3.05, 3.63) is 95.3 Å². The number of carbonyl (C=O) groups excluding carboxylic acids is 1. The third-order valence-corrected chi connectivity index (χ3v) is 7.06. The molecule has 4 aromatic rings. The van der Waals surface area contributed by atoms with Crippen molar-refractivity contribution in [1.82, 2.24) is 9.97 Å². The Kier molecular flexibility index (Phi) is 12.8. The van der Waals surface area contributed by atoms with Gasteiger partial charge in [-0.2, -0.15) is 0 Å². The molecular formula is C36H34N4O11. The Balaban J connectivity index is 1.60. The van der Waals surface area contributed by atoms with Crippen molar-refractivity contribution in [2.75, 3.05) is 49.2 Å². The first-order valence-electron chi connectivity index (χ1n) is 15.4. The van der Waals surface area contributed by atoms with E-state index < -0.39 is 50.1 Å². The molecule has 4 rings (SSSR count). The molecule has 0 saturated heterocycles. The molecule has 0 amide bonds. The fourth-order valence-electron chi connectivity index (χ4n) is 4.96. The van der Waals surface area contributed by atoms with Crippen LogP contribution in [0, 0.1) is 6.92 Å². The van der Waals surface area contributed by atoms with E-state index in [4.69, 9.17) is 9.47 Å². The molecule has 264 valence electrons. The fourth-order valence-corrected chi connectivity index (χ4v) is 4.96. The van der Waals surface area contributed by atoms with Crippen molar-refractivity contribution >= 4 is 53.7 Å². The third kappa shape index (κ3) is 11.1. The highest BCUT2D eigenvalue weighted by molar-refractivity contribution is 5.84. The van der Waals surface area contributed by atoms with Crippen molar-refractivity contribution in [2.24, 2.45) is 0 Å². The van der Waals surface area contributed by atoms with Gasteiger partial charge in [0.05, 0.1) is 28.5 Å². The summed E-state index contributed by atoms with van der Waals surface area (Å²) in [6.45, 7) is -1.07. The van der Waals surface area contributed by atoms with Crippen LogP contribution in [-0.4, -0.2) is 100.0 Å². The number of hydrogen-bond donors (Lipinski definition) is 4. The summed E-state index contributed by atoms with van der Waals surface area (Å²) in [6.07, 6.45) is 4.05. The molecule has 0 fully saturated rings. The molecule has 0 aliphatic rings. The number of anilines is 2. The summed E-state index contributed by atoms with van der Waals surface area (Å²) in [5, 5.41) is 37.6. The number of nitrogens with zero attached hydrogens (tertiary/aromatic N) is 4. The van der Waals surface area contributed by atoms with E-state index in [0.29, 0.717) is 28.9 Å². The largest absolute Gasteiger partial charge is 0.488 e. The van der Waals surface area contributed by atoms with E-state index in [0.717, 1.165) is 15.5 Å². The standard InChI is InChI=1S/C36H34N4O11/c1-23-4-2-6-27(37-23)28-7-3-5-26(38-28)11-8-24-9-12-29(39(18-33(42)43)19-34(44)45)31(16-24)50-14-15-51-32-17-25(22-41)10-13-30(32)40(20-35(46)47)21-36(48)49/h2-13,16-17,22H,14-15,18-21H2,1H3,(H,42,43)(H,44,45)(H,46,47)(H,48,49)/b11-8+. The first-order chi connectivity index (χ1) is 24.4. The van der Waals surface area contributed by atoms with Gasteiger partial charge in [-0.15, -0.1) is 0 Å². The lowest BCUT2D eigenvalue weighted by atomic mass is 10.1. The number of benzene rings is 2. The molecule has 51 heavy (non-hydrogen) atoms. The number of carboxylic acids is 4. The van der Waals surface area contributed by atoms with Gasteiger partial charge >= 0.3 is 23.9 Å². The van der Waals surface area contributed by atoms with Crippen LogP contribution in [-0.2, 0) is 19.2 Å². The second-order valence-corrected chi connectivity index (χ2v) is 11.0. The molecule has 0 aliphatic heterocycles. The quantitative estimate of drug-likeness (QED) is 0.0808. The fraction of sp³-hybridized carbons (Fsp3) is 0.194. The number of hydrogen-bond acceptors (Lipinski definition) is 11. The zero-order valence-corrected chi connectivity index (χ0v) is 27.3. The Bertz CT molecular complexity index is 1910. The van der Waals surface area contributed by atoms with E-state index in [1.807, 2.05) is 43.3 Å². The van der Waals surface area contributed by atoms with Gasteiger partial charge in [-0.05, 0) is 73.2 Å². The van der Waals surface area contributed by atoms with Crippen molar-refractivity contribution in [3.63, 3.8) is 0 Å². The molecule has 0 bridgehead atoms. The van der Waals surface area contributed by atoms with Crippen LogP contribution in [0.5, 0.6) is 11.5 Å². The number of aryl methyl sites for hydroxylation is 1. The molecule has 0 saturated carbocycles. The summed E-state index contributed by atoms with van der Waals surface area (Å²) in [5.74, 6) is -4.95. The SMILES string of the molecule is Cc1cccc(-c2cccc(/C=C/c3ccc(N(CC(=O)O)CC(=O)O)c(OCCOc4cc(C=O)ccc4N(CC(=O)O)CC(=O)O)c3)n2)n1. The van der Waals surface area contributed by atoms with Gasteiger partial charge in [0, 0.05) is 11.3 Å². The van der Waals surface area contributed by atoms with Crippen LogP contribution < -0.4 is 19.3 Å². The van der Waals surface area contributed by atoms with Gasteiger partial charge in [0.1, 0.15) is 57.2 Å². The van der Waals surface area contributed by atoms with Gasteiger partial charge in [-0.1, -0.05) is 24.3 Å². The summed E-state index contributed by atoms with van der Waals surface area (Å²) < 4.78 is 11.8. The predicted molar refractivity (Wildman–Crippen MR) is 185 cm³/mol. The molecule has 0 atom stereocenters. The average molecular weight is 699 g/mol. The van der Waals surface area contributed by atoms with Crippen molar-refractivity contribution in [3.8, 4) is 22.9 Å². The molecular weight excluding hydrogens is 664 g/mol. The second-order valence-electron chi connectivity index (χ2n) is 11.0. The third-order valence-electron chi connectivity index (χ3n) is 7.06. The predicted octanol–water partition coefficient (Wildman–Crippen LogP) is 3.84. The lowest BCUT2D eigenvalue weighted by Gasteiger charge is -2.25. The van der Waals surface area contributed by atoms with E-state index >= 15 is 0 Å². The van der Waals surface area contributed by atoms with Crippen molar-refractivity contribution in [2.45, 2.75) is 6.92 Å². The van der Waals surface area contributed by atoms with Gasteiger partial charge < -0.3 is 39.7 Å². The molecule has 15 heteroatoms. The first kappa shape index (κ1) is 37.1. The van der Waals surface area contributed by atoms with Crippen molar-refractivity contribution < 1.29 is 53.9 Å². The minimum absolute atomic E-state index is 0.0246. The highest BCUT2D eigenvalue weighted by Gasteiger charge is 2.21. The van der Waals surface area contributed by atoms with E-state index in [-0.39, 0.29) is 41.7 Å². The number of carbonyl (C=O) groups is 5. The molecule has 0 unspecified atom stereocenters. The number of aldehydes is 1. The minimum atomic E-state index is -1.29. The molecule has 0 spiro atoms. The Morgan fingerprint density at radius 1 is 0.627 bits per heavy atom. The summed E-state index contributed by atoms with van der Waals surface area (Å²) in [4.78, 5) is 68.9. The normalized spacial score (nSPS) is 10.8. The first-order valence-corrected chi connectivity index (χ1v) is 15.4. The zero-order valence-electron chi connectivity index (χ0n) is 27.3. The minimum Gasteiger partial charge on any atom is -0.488 e. The maximum absolute atomic E-state index is 11.6. The lowest BCUT2D eigenvalue weighted by molar-refractivity contribution is -0.138.